The fourth-order valence-electron chi connectivity index (χ4n) is 3.57. The lowest BCUT2D eigenvalue weighted by atomic mass is 10.0. The Balaban J connectivity index is 1.97. The summed E-state index contributed by atoms with van der Waals surface area (Å²) < 4.78 is 7.19. The Kier molecular flexibility index (Phi) is 3.27. The predicted molar refractivity (Wildman–Crippen MR) is 108 cm³/mol. The first kappa shape index (κ1) is 16.1. The van der Waals surface area contributed by atoms with Gasteiger partial charge < -0.3 is 10.2 Å². The van der Waals surface area contributed by atoms with Crippen molar-refractivity contribution in [1.29, 1.82) is 5.26 Å². The quantitative estimate of drug-likeness (QED) is 0.483. The van der Waals surface area contributed by atoms with Crippen molar-refractivity contribution in [1.82, 2.24) is 9.38 Å². The van der Waals surface area contributed by atoms with E-state index in [1.165, 1.54) is 0 Å². The zero-order valence-electron chi connectivity index (χ0n) is 14.9. The second-order valence-corrected chi connectivity index (χ2v) is 6.68. The van der Waals surface area contributed by atoms with Crippen molar-refractivity contribution in [2.75, 3.05) is 5.73 Å². The fraction of sp³-hybridized carbons (Fsp3) is 0.0455. The molecule has 134 valence electrons. The van der Waals surface area contributed by atoms with Gasteiger partial charge in [0.1, 0.15) is 28.6 Å². The maximum Gasteiger partial charge on any atom is 0.347 e. The number of aromatic nitrogens is 2. The van der Waals surface area contributed by atoms with Gasteiger partial charge in [0.25, 0.3) is 0 Å². The number of hydrogen-bond acceptors (Lipinski definition) is 5. The molecule has 3 heterocycles. The topological polar surface area (TPSA) is 97.3 Å². The predicted octanol–water partition coefficient (Wildman–Crippen LogP) is 4.02. The number of nitrogens with two attached hydrogens (primary N) is 1. The molecule has 0 amide bonds. The molecule has 5 rings (SSSR count). The number of imidazole rings is 1. The highest BCUT2D eigenvalue weighted by Crippen LogP contribution is 2.32. The molecule has 0 fully saturated rings. The van der Waals surface area contributed by atoms with Crippen LogP contribution in [0.4, 0.5) is 5.82 Å². The minimum absolute atomic E-state index is 0.183. The molecular weight excluding hydrogens is 352 g/mol. The van der Waals surface area contributed by atoms with E-state index in [1.54, 1.807) is 10.5 Å². The number of pyridine rings is 1. The molecule has 28 heavy (non-hydrogen) atoms. The first-order valence-corrected chi connectivity index (χ1v) is 8.72. The molecule has 5 aromatic rings. The molecule has 6 nitrogen and oxygen atoms in total. The third-order valence-corrected chi connectivity index (χ3v) is 4.95. The van der Waals surface area contributed by atoms with Crippen LogP contribution in [0.25, 0.3) is 38.8 Å². The van der Waals surface area contributed by atoms with Crippen LogP contribution in [-0.2, 0) is 0 Å². The van der Waals surface area contributed by atoms with Crippen LogP contribution >= 0.6 is 0 Å². The van der Waals surface area contributed by atoms with Gasteiger partial charge in [-0.05, 0) is 25.1 Å². The lowest BCUT2D eigenvalue weighted by molar-refractivity contribution is 0.534. The van der Waals surface area contributed by atoms with E-state index in [0.29, 0.717) is 27.9 Å². The van der Waals surface area contributed by atoms with Crippen LogP contribution in [-0.4, -0.2) is 9.38 Å². The summed E-state index contributed by atoms with van der Waals surface area (Å²) in [5, 5.41) is 10.5. The molecule has 0 saturated heterocycles. The summed E-state index contributed by atoms with van der Waals surface area (Å²) >= 11 is 0. The smallest absolute Gasteiger partial charge is 0.347 e. The van der Waals surface area contributed by atoms with Gasteiger partial charge in [0.05, 0.1) is 11.0 Å². The zero-order chi connectivity index (χ0) is 19.4. The monoisotopic (exact) mass is 366 g/mol. The standard InChI is InChI=1S/C22H14N4O2/c1-12-6-8-13(9-7-12)18-10-14-15(11-23)21-25-16-4-2-3-5-17(16)26(21)20(24)19(14)22(27)28-18/h2-10H,24H2,1H3. The van der Waals surface area contributed by atoms with E-state index < -0.39 is 5.63 Å². The summed E-state index contributed by atoms with van der Waals surface area (Å²) in [4.78, 5) is 17.4. The second kappa shape index (κ2) is 5.69. The number of fused-ring (bicyclic) bond motifs is 4. The van der Waals surface area contributed by atoms with Crippen molar-refractivity contribution in [2.45, 2.75) is 6.92 Å². The number of aryl methyl sites for hydroxylation is 1. The fourth-order valence-corrected chi connectivity index (χ4v) is 3.57. The Hall–Kier alpha value is -4.11. The van der Waals surface area contributed by atoms with E-state index >= 15 is 0 Å². The molecule has 0 aliphatic rings. The van der Waals surface area contributed by atoms with Crippen LogP contribution in [0.1, 0.15) is 11.1 Å². The molecular formula is C22H14N4O2. The minimum atomic E-state index is -0.582. The summed E-state index contributed by atoms with van der Waals surface area (Å²) in [6.07, 6.45) is 0. The van der Waals surface area contributed by atoms with Crippen molar-refractivity contribution < 1.29 is 4.42 Å². The number of benzene rings is 2. The van der Waals surface area contributed by atoms with Gasteiger partial charge in [-0.1, -0.05) is 42.0 Å². The summed E-state index contributed by atoms with van der Waals surface area (Å²) in [5.74, 6) is 0.593. The number of hydrogen-bond donors (Lipinski definition) is 1. The molecule has 0 unspecified atom stereocenters. The zero-order valence-corrected chi connectivity index (χ0v) is 14.9. The number of nitrogen functional groups attached to an aromatic ring is 1. The van der Waals surface area contributed by atoms with E-state index in [4.69, 9.17) is 10.2 Å². The summed E-state index contributed by atoms with van der Waals surface area (Å²) in [7, 11) is 0. The summed E-state index contributed by atoms with van der Waals surface area (Å²) in [6.45, 7) is 1.98. The Morgan fingerprint density at radius 2 is 1.89 bits per heavy atom. The van der Waals surface area contributed by atoms with Gasteiger partial charge >= 0.3 is 5.63 Å². The molecule has 2 aromatic carbocycles. The summed E-state index contributed by atoms with van der Waals surface area (Å²) in [6, 6.07) is 18.9. The van der Waals surface area contributed by atoms with E-state index in [2.05, 4.69) is 11.1 Å². The van der Waals surface area contributed by atoms with Crippen molar-refractivity contribution >= 4 is 33.3 Å². The van der Waals surface area contributed by atoms with Crippen molar-refractivity contribution in [3.63, 3.8) is 0 Å². The number of anilines is 1. The maximum atomic E-state index is 12.8. The van der Waals surface area contributed by atoms with Gasteiger partial charge in [0, 0.05) is 10.9 Å². The normalized spacial score (nSPS) is 11.3. The molecule has 0 spiro atoms. The van der Waals surface area contributed by atoms with Crippen LogP contribution in [0.3, 0.4) is 0 Å². The Morgan fingerprint density at radius 3 is 2.64 bits per heavy atom. The Morgan fingerprint density at radius 1 is 1.14 bits per heavy atom. The van der Waals surface area contributed by atoms with Gasteiger partial charge in [-0.15, -0.1) is 0 Å². The number of para-hydroxylation sites is 2. The minimum Gasteiger partial charge on any atom is -0.422 e. The SMILES string of the molecule is Cc1ccc(-c2cc3c(C#N)c4nc5ccccc5n4c(N)c3c(=O)o2)cc1. The molecule has 2 N–H and O–H groups in total. The molecule has 3 aromatic heterocycles. The van der Waals surface area contributed by atoms with Crippen LogP contribution < -0.4 is 11.4 Å². The van der Waals surface area contributed by atoms with Crippen LogP contribution in [0.5, 0.6) is 0 Å². The van der Waals surface area contributed by atoms with Gasteiger partial charge in [-0.2, -0.15) is 5.26 Å². The van der Waals surface area contributed by atoms with E-state index in [1.807, 2.05) is 55.5 Å². The largest absolute Gasteiger partial charge is 0.422 e. The highest BCUT2D eigenvalue weighted by atomic mass is 16.4. The molecule has 0 saturated carbocycles. The average Bonchev–Trinajstić information content (AvgIpc) is 3.08. The third-order valence-electron chi connectivity index (χ3n) is 4.95. The molecule has 0 radical (unpaired) electrons. The Bertz CT molecular complexity index is 1500. The average molecular weight is 366 g/mol. The van der Waals surface area contributed by atoms with Crippen LogP contribution in [0.2, 0.25) is 0 Å². The molecule has 0 bridgehead atoms. The number of nitriles is 1. The summed E-state index contributed by atoms with van der Waals surface area (Å²) in [5.41, 5.74) is 9.77. The lowest BCUT2D eigenvalue weighted by Crippen LogP contribution is -2.09. The van der Waals surface area contributed by atoms with E-state index in [-0.39, 0.29) is 11.2 Å². The van der Waals surface area contributed by atoms with Gasteiger partial charge in [0.15, 0.2) is 5.65 Å². The Labute approximate surface area is 159 Å². The molecule has 0 atom stereocenters. The van der Waals surface area contributed by atoms with Crippen LogP contribution in [0.15, 0.2) is 63.8 Å². The number of rotatable bonds is 1. The molecule has 6 heteroatoms. The van der Waals surface area contributed by atoms with Gasteiger partial charge in [-0.3, -0.25) is 4.40 Å². The highest BCUT2D eigenvalue weighted by molar-refractivity contribution is 6.02. The van der Waals surface area contributed by atoms with E-state index in [9.17, 15) is 10.1 Å². The maximum absolute atomic E-state index is 12.8. The molecule has 0 aliphatic carbocycles. The van der Waals surface area contributed by atoms with Gasteiger partial charge in [-0.25, -0.2) is 9.78 Å². The highest BCUT2D eigenvalue weighted by Gasteiger charge is 2.20. The van der Waals surface area contributed by atoms with Crippen molar-refractivity contribution in [3.05, 3.63) is 76.1 Å². The number of nitrogens with zero attached hydrogens (tertiary/aromatic N) is 3. The third kappa shape index (κ3) is 2.14. The van der Waals surface area contributed by atoms with Crippen molar-refractivity contribution in [3.8, 4) is 17.4 Å². The van der Waals surface area contributed by atoms with Gasteiger partial charge in [0.2, 0.25) is 0 Å². The lowest BCUT2D eigenvalue weighted by Gasteiger charge is -2.09. The molecule has 0 aliphatic heterocycles. The van der Waals surface area contributed by atoms with Crippen LogP contribution in [0, 0.1) is 18.3 Å². The second-order valence-electron chi connectivity index (χ2n) is 6.68. The van der Waals surface area contributed by atoms with E-state index in [0.717, 1.165) is 16.6 Å². The van der Waals surface area contributed by atoms with Crippen molar-refractivity contribution in [2.24, 2.45) is 0 Å². The first-order valence-electron chi connectivity index (χ1n) is 8.72. The first-order chi connectivity index (χ1) is 13.6.